The summed E-state index contributed by atoms with van der Waals surface area (Å²) in [5.41, 5.74) is 2.83. The van der Waals surface area contributed by atoms with Crippen LogP contribution in [-0.4, -0.2) is 0 Å². The van der Waals surface area contributed by atoms with E-state index in [0.29, 0.717) is 10.7 Å². The van der Waals surface area contributed by atoms with Crippen molar-refractivity contribution in [3.63, 3.8) is 0 Å². The summed E-state index contributed by atoms with van der Waals surface area (Å²) in [6.45, 7) is 9.04. The van der Waals surface area contributed by atoms with E-state index in [1.807, 2.05) is 0 Å². The fourth-order valence-corrected chi connectivity index (χ4v) is 2.69. The van der Waals surface area contributed by atoms with Gasteiger partial charge in [0.2, 0.25) is 0 Å². The Morgan fingerprint density at radius 3 is 1.94 bits per heavy atom. The lowest BCUT2D eigenvalue weighted by atomic mass is 9.96. The van der Waals surface area contributed by atoms with E-state index in [0.717, 1.165) is 5.92 Å². The van der Waals surface area contributed by atoms with Gasteiger partial charge in [-0.2, -0.15) is 0 Å². The van der Waals surface area contributed by atoms with Gasteiger partial charge >= 0.3 is 0 Å². The molecular formula is C15H23Br. The molecule has 1 heteroatoms. The summed E-state index contributed by atoms with van der Waals surface area (Å²) >= 11 is 3.79. The average Bonchev–Trinajstić information content (AvgIpc) is 2.28. The highest BCUT2D eigenvalue weighted by atomic mass is 79.9. The number of alkyl halides is 1. The Morgan fingerprint density at radius 1 is 1.00 bits per heavy atom. The minimum absolute atomic E-state index is 0.503. The van der Waals surface area contributed by atoms with Crippen LogP contribution in [0.2, 0.25) is 0 Å². The molecule has 0 bridgehead atoms. The molecule has 0 aliphatic heterocycles. The van der Waals surface area contributed by atoms with Crippen LogP contribution in [0.25, 0.3) is 0 Å². The highest BCUT2D eigenvalue weighted by molar-refractivity contribution is 9.09. The molecule has 0 N–H and O–H groups in total. The summed E-state index contributed by atoms with van der Waals surface area (Å²) in [5.74, 6) is 1.41. The Kier molecular flexibility index (Phi) is 5.54. The molecule has 0 aromatic heterocycles. The minimum atomic E-state index is 0.503. The van der Waals surface area contributed by atoms with Crippen LogP contribution < -0.4 is 0 Å². The highest BCUT2D eigenvalue weighted by Gasteiger charge is 2.11. The second kappa shape index (κ2) is 6.44. The third-order valence-corrected chi connectivity index (χ3v) is 4.17. The van der Waals surface area contributed by atoms with Crippen molar-refractivity contribution in [2.45, 2.75) is 51.3 Å². The van der Waals surface area contributed by atoms with Gasteiger partial charge in [0, 0.05) is 4.83 Å². The summed E-state index contributed by atoms with van der Waals surface area (Å²) in [5, 5.41) is 0. The topological polar surface area (TPSA) is 0 Å². The van der Waals surface area contributed by atoms with E-state index in [2.05, 4.69) is 67.9 Å². The van der Waals surface area contributed by atoms with Crippen molar-refractivity contribution in [3.05, 3.63) is 35.4 Å². The molecule has 1 aromatic rings. The monoisotopic (exact) mass is 282 g/mol. The van der Waals surface area contributed by atoms with Crippen molar-refractivity contribution in [2.75, 3.05) is 0 Å². The van der Waals surface area contributed by atoms with Gasteiger partial charge in [-0.05, 0) is 29.4 Å². The van der Waals surface area contributed by atoms with Crippen LogP contribution in [0.5, 0.6) is 0 Å². The largest absolute Gasteiger partial charge is 0.0839 e. The van der Waals surface area contributed by atoms with Crippen molar-refractivity contribution in [1.29, 1.82) is 0 Å². The summed E-state index contributed by atoms with van der Waals surface area (Å²) < 4.78 is 0. The van der Waals surface area contributed by atoms with Crippen LogP contribution in [0.15, 0.2) is 24.3 Å². The predicted octanol–water partition coefficient (Wildman–Crippen LogP) is 5.68. The average molecular weight is 283 g/mol. The van der Waals surface area contributed by atoms with Gasteiger partial charge < -0.3 is 0 Å². The normalized spacial score (nSPS) is 15.1. The number of hydrogen-bond acceptors (Lipinski definition) is 0. The van der Waals surface area contributed by atoms with E-state index >= 15 is 0 Å². The molecule has 0 nitrogen and oxygen atoms in total. The molecular weight excluding hydrogens is 260 g/mol. The molecule has 2 unspecified atom stereocenters. The van der Waals surface area contributed by atoms with Crippen molar-refractivity contribution >= 4 is 15.9 Å². The maximum Gasteiger partial charge on any atom is 0.0397 e. The highest BCUT2D eigenvalue weighted by Crippen LogP contribution is 2.31. The first-order valence-corrected chi connectivity index (χ1v) is 7.20. The van der Waals surface area contributed by atoms with E-state index in [9.17, 15) is 0 Å². The summed E-state index contributed by atoms with van der Waals surface area (Å²) in [6, 6.07) is 9.03. The van der Waals surface area contributed by atoms with Crippen LogP contribution in [0.1, 0.15) is 62.4 Å². The maximum absolute atomic E-state index is 3.79. The van der Waals surface area contributed by atoms with E-state index in [-0.39, 0.29) is 0 Å². The van der Waals surface area contributed by atoms with Crippen LogP contribution in [0.3, 0.4) is 0 Å². The van der Waals surface area contributed by atoms with Crippen molar-refractivity contribution in [1.82, 2.24) is 0 Å². The standard InChI is InChI=1S/C15H23Br/c1-5-12(4)10-15(16)14-8-6-13(7-9-14)11(2)3/h6-9,11-12,15H,5,10H2,1-4H3. The minimum Gasteiger partial charge on any atom is -0.0839 e. The molecule has 0 spiro atoms. The van der Waals surface area contributed by atoms with Gasteiger partial charge in [0.1, 0.15) is 0 Å². The van der Waals surface area contributed by atoms with Crippen LogP contribution >= 0.6 is 15.9 Å². The molecule has 1 rings (SSSR count). The molecule has 0 saturated carbocycles. The Labute approximate surface area is 109 Å². The Morgan fingerprint density at radius 2 is 1.50 bits per heavy atom. The number of benzene rings is 1. The molecule has 0 fully saturated rings. The van der Waals surface area contributed by atoms with E-state index in [4.69, 9.17) is 0 Å². The van der Waals surface area contributed by atoms with Gasteiger partial charge in [-0.1, -0.05) is 74.3 Å². The fraction of sp³-hybridized carbons (Fsp3) is 0.600. The Hall–Kier alpha value is -0.300. The number of rotatable bonds is 5. The van der Waals surface area contributed by atoms with Crippen LogP contribution in [0, 0.1) is 5.92 Å². The van der Waals surface area contributed by atoms with Gasteiger partial charge in [0.25, 0.3) is 0 Å². The molecule has 2 atom stereocenters. The molecule has 0 heterocycles. The smallest absolute Gasteiger partial charge is 0.0397 e. The zero-order valence-electron chi connectivity index (χ0n) is 10.8. The van der Waals surface area contributed by atoms with Crippen molar-refractivity contribution < 1.29 is 0 Å². The third kappa shape index (κ3) is 3.93. The molecule has 90 valence electrons. The first kappa shape index (κ1) is 13.8. The van der Waals surface area contributed by atoms with Gasteiger partial charge in [-0.15, -0.1) is 0 Å². The molecule has 0 aliphatic carbocycles. The quantitative estimate of drug-likeness (QED) is 0.610. The van der Waals surface area contributed by atoms with Crippen LogP contribution in [-0.2, 0) is 0 Å². The van der Waals surface area contributed by atoms with Gasteiger partial charge in [0.15, 0.2) is 0 Å². The molecule has 0 aliphatic rings. The van der Waals surface area contributed by atoms with Crippen molar-refractivity contribution in [2.24, 2.45) is 5.92 Å². The fourth-order valence-electron chi connectivity index (χ4n) is 1.75. The summed E-state index contributed by atoms with van der Waals surface area (Å²) in [6.07, 6.45) is 2.48. The number of halogens is 1. The van der Waals surface area contributed by atoms with Crippen molar-refractivity contribution in [3.8, 4) is 0 Å². The molecule has 0 radical (unpaired) electrons. The van der Waals surface area contributed by atoms with E-state index in [1.54, 1.807) is 0 Å². The maximum atomic E-state index is 3.79. The Balaban J connectivity index is 2.66. The Bertz CT molecular complexity index is 300. The van der Waals surface area contributed by atoms with Gasteiger partial charge in [-0.25, -0.2) is 0 Å². The second-order valence-corrected chi connectivity index (χ2v) is 6.14. The van der Waals surface area contributed by atoms with Crippen LogP contribution in [0.4, 0.5) is 0 Å². The molecule has 0 saturated heterocycles. The summed E-state index contributed by atoms with van der Waals surface area (Å²) in [7, 11) is 0. The molecule has 0 amide bonds. The zero-order chi connectivity index (χ0) is 12.1. The first-order chi connectivity index (χ1) is 7.54. The summed E-state index contributed by atoms with van der Waals surface area (Å²) in [4.78, 5) is 0.503. The second-order valence-electron chi connectivity index (χ2n) is 5.04. The third-order valence-electron chi connectivity index (χ3n) is 3.27. The molecule has 1 aromatic carbocycles. The molecule has 16 heavy (non-hydrogen) atoms. The van der Waals surface area contributed by atoms with E-state index in [1.165, 1.54) is 24.0 Å². The zero-order valence-corrected chi connectivity index (χ0v) is 12.4. The van der Waals surface area contributed by atoms with Gasteiger partial charge in [0.05, 0.1) is 0 Å². The first-order valence-electron chi connectivity index (χ1n) is 6.28. The number of hydrogen-bond donors (Lipinski definition) is 0. The lowest BCUT2D eigenvalue weighted by molar-refractivity contribution is 0.514. The predicted molar refractivity (Wildman–Crippen MR) is 76.3 cm³/mol. The van der Waals surface area contributed by atoms with E-state index < -0.39 is 0 Å². The van der Waals surface area contributed by atoms with Gasteiger partial charge in [-0.3, -0.25) is 0 Å². The lowest BCUT2D eigenvalue weighted by Gasteiger charge is -2.15. The lowest BCUT2D eigenvalue weighted by Crippen LogP contribution is -1.99. The SMILES string of the molecule is CCC(C)CC(Br)c1ccc(C(C)C)cc1.